The van der Waals surface area contributed by atoms with E-state index < -0.39 is 29.4 Å². The van der Waals surface area contributed by atoms with Crippen LogP contribution in [0.3, 0.4) is 0 Å². The Kier molecular flexibility index (Phi) is 6.85. The van der Waals surface area contributed by atoms with Crippen molar-refractivity contribution >= 4 is 52.5 Å². The quantitative estimate of drug-likeness (QED) is 0.359. The molecule has 2 atom stereocenters. The molecule has 1 heterocycles. The van der Waals surface area contributed by atoms with Gasteiger partial charge >= 0.3 is 5.51 Å². The molecule has 176 valence electrons. The SMILES string of the molecule is C[C@H](c1ccc(Cl)cc1)N1C(=O)c2cc(SC(F)(F)F)ccc2NC(=O)[C@H]1c1ccc(Cl)cc1. The van der Waals surface area contributed by atoms with Gasteiger partial charge in [0.1, 0.15) is 6.04 Å². The lowest BCUT2D eigenvalue weighted by atomic mass is 9.99. The number of anilines is 1. The van der Waals surface area contributed by atoms with E-state index in [1.54, 1.807) is 55.5 Å². The summed E-state index contributed by atoms with van der Waals surface area (Å²) in [4.78, 5) is 28.4. The van der Waals surface area contributed by atoms with Crippen molar-refractivity contribution < 1.29 is 22.8 Å². The number of nitrogens with one attached hydrogen (secondary N) is 1. The van der Waals surface area contributed by atoms with Crippen LogP contribution in [-0.2, 0) is 4.79 Å². The summed E-state index contributed by atoms with van der Waals surface area (Å²) < 4.78 is 38.9. The normalized spacial score (nSPS) is 17.1. The molecule has 0 saturated carbocycles. The molecule has 4 nitrogen and oxygen atoms in total. The Morgan fingerprint density at radius 3 is 2.12 bits per heavy atom. The summed E-state index contributed by atoms with van der Waals surface area (Å²) in [6, 6.07) is 15.3. The zero-order valence-corrected chi connectivity index (χ0v) is 19.9. The van der Waals surface area contributed by atoms with E-state index in [1.807, 2.05) is 0 Å². The Hall–Kier alpha value is -2.68. The van der Waals surface area contributed by atoms with E-state index in [0.29, 0.717) is 21.2 Å². The first-order chi connectivity index (χ1) is 16.0. The number of carbonyl (C=O) groups is 2. The number of alkyl halides is 3. The maximum Gasteiger partial charge on any atom is 0.446 e. The van der Waals surface area contributed by atoms with Gasteiger partial charge in [-0.15, -0.1) is 0 Å². The first kappa shape index (κ1) is 24.4. The van der Waals surface area contributed by atoms with Crippen LogP contribution in [0.2, 0.25) is 10.0 Å². The number of halogens is 5. The van der Waals surface area contributed by atoms with Crippen molar-refractivity contribution in [2.75, 3.05) is 5.32 Å². The van der Waals surface area contributed by atoms with Gasteiger partial charge < -0.3 is 10.2 Å². The third kappa shape index (κ3) is 5.19. The zero-order valence-electron chi connectivity index (χ0n) is 17.6. The highest BCUT2D eigenvalue weighted by atomic mass is 35.5. The van der Waals surface area contributed by atoms with Crippen LogP contribution in [0.1, 0.15) is 40.5 Å². The first-order valence-electron chi connectivity index (χ1n) is 10.1. The Morgan fingerprint density at radius 1 is 0.941 bits per heavy atom. The lowest BCUT2D eigenvalue weighted by molar-refractivity contribution is -0.121. The number of fused-ring (bicyclic) bond motifs is 1. The van der Waals surface area contributed by atoms with Crippen molar-refractivity contribution in [1.82, 2.24) is 4.90 Å². The number of rotatable bonds is 4. The molecule has 4 rings (SSSR count). The Balaban J connectivity index is 1.85. The predicted octanol–water partition coefficient (Wildman–Crippen LogP) is 7.50. The molecule has 0 fully saturated rings. The standard InChI is InChI=1S/C24H17Cl2F3N2O2S/c1-13(14-2-6-16(25)7-3-14)31-21(15-4-8-17(26)9-5-15)22(32)30-20-11-10-18(34-24(27,28)29)12-19(20)23(31)33/h2-13,21H,1H3,(H,30,32)/t13-,21-/m1/s1. The summed E-state index contributed by atoms with van der Waals surface area (Å²) in [5.41, 5.74) is -3.19. The minimum absolute atomic E-state index is 0.0279. The molecule has 0 radical (unpaired) electrons. The molecule has 1 aliphatic heterocycles. The monoisotopic (exact) mass is 524 g/mol. The molecule has 3 aromatic carbocycles. The number of hydrogen-bond acceptors (Lipinski definition) is 3. The average molecular weight is 525 g/mol. The Labute approximate surface area is 208 Å². The fourth-order valence-corrected chi connectivity index (χ4v) is 4.68. The number of carbonyl (C=O) groups excluding carboxylic acids is 2. The van der Waals surface area contributed by atoms with Crippen molar-refractivity contribution in [2.24, 2.45) is 0 Å². The molecule has 3 aromatic rings. The van der Waals surface area contributed by atoms with Gasteiger partial charge in [0.2, 0.25) is 0 Å². The third-order valence-corrected chi connectivity index (χ3v) is 6.65. The van der Waals surface area contributed by atoms with Crippen LogP contribution in [0.5, 0.6) is 0 Å². The van der Waals surface area contributed by atoms with Gasteiger partial charge in [0.25, 0.3) is 11.8 Å². The largest absolute Gasteiger partial charge is 0.446 e. The van der Waals surface area contributed by atoms with Crippen molar-refractivity contribution in [2.45, 2.75) is 29.4 Å². The highest BCUT2D eigenvalue weighted by Crippen LogP contribution is 2.41. The molecule has 0 bridgehead atoms. The van der Waals surface area contributed by atoms with E-state index in [-0.39, 0.29) is 27.9 Å². The highest BCUT2D eigenvalue weighted by Gasteiger charge is 2.40. The summed E-state index contributed by atoms with van der Waals surface area (Å²) in [5.74, 6) is -1.08. The van der Waals surface area contributed by atoms with Gasteiger partial charge in [-0.3, -0.25) is 9.59 Å². The number of nitrogens with zero attached hydrogens (tertiary/aromatic N) is 1. The second kappa shape index (κ2) is 9.52. The molecular formula is C24H17Cl2F3N2O2S. The van der Waals surface area contributed by atoms with Gasteiger partial charge in [-0.05, 0) is 72.3 Å². The van der Waals surface area contributed by atoms with Crippen LogP contribution in [0.25, 0.3) is 0 Å². The van der Waals surface area contributed by atoms with Gasteiger partial charge in [0.15, 0.2) is 0 Å². The van der Waals surface area contributed by atoms with Crippen LogP contribution in [0.15, 0.2) is 71.6 Å². The Morgan fingerprint density at radius 2 is 1.53 bits per heavy atom. The smallest absolute Gasteiger partial charge is 0.323 e. The Bertz CT molecular complexity index is 1230. The van der Waals surface area contributed by atoms with Crippen LogP contribution >= 0.6 is 35.0 Å². The number of amides is 2. The lowest BCUT2D eigenvalue weighted by Gasteiger charge is -2.34. The van der Waals surface area contributed by atoms with Gasteiger partial charge in [-0.2, -0.15) is 13.2 Å². The fraction of sp³-hybridized carbons (Fsp3) is 0.167. The zero-order chi connectivity index (χ0) is 24.6. The maximum absolute atomic E-state index is 13.8. The molecule has 0 unspecified atom stereocenters. The number of thioether (sulfide) groups is 1. The molecular weight excluding hydrogens is 508 g/mol. The fourth-order valence-electron chi connectivity index (χ4n) is 3.85. The number of benzene rings is 3. The van der Waals surface area contributed by atoms with E-state index in [4.69, 9.17) is 23.2 Å². The third-order valence-electron chi connectivity index (χ3n) is 5.43. The minimum Gasteiger partial charge on any atom is -0.323 e. The molecule has 1 aliphatic rings. The molecule has 0 aliphatic carbocycles. The van der Waals surface area contributed by atoms with Crippen LogP contribution in [0.4, 0.5) is 18.9 Å². The van der Waals surface area contributed by atoms with E-state index in [0.717, 1.165) is 6.07 Å². The molecule has 2 amide bonds. The molecule has 10 heteroatoms. The van der Waals surface area contributed by atoms with Crippen molar-refractivity contribution in [3.63, 3.8) is 0 Å². The van der Waals surface area contributed by atoms with Gasteiger partial charge in [0, 0.05) is 14.9 Å². The molecule has 1 N–H and O–H groups in total. The highest BCUT2D eigenvalue weighted by molar-refractivity contribution is 8.00. The van der Waals surface area contributed by atoms with E-state index >= 15 is 0 Å². The van der Waals surface area contributed by atoms with Crippen LogP contribution < -0.4 is 5.32 Å². The summed E-state index contributed by atoms with van der Waals surface area (Å²) in [6.45, 7) is 1.75. The molecule has 0 saturated heterocycles. The molecule has 0 spiro atoms. The van der Waals surface area contributed by atoms with Gasteiger partial charge in [0.05, 0.1) is 17.3 Å². The van der Waals surface area contributed by atoms with E-state index in [9.17, 15) is 22.8 Å². The van der Waals surface area contributed by atoms with Crippen LogP contribution in [0, 0.1) is 0 Å². The van der Waals surface area contributed by atoms with Gasteiger partial charge in [-0.25, -0.2) is 0 Å². The molecule has 0 aromatic heterocycles. The number of hydrogen-bond donors (Lipinski definition) is 1. The lowest BCUT2D eigenvalue weighted by Crippen LogP contribution is -2.40. The molecule has 34 heavy (non-hydrogen) atoms. The van der Waals surface area contributed by atoms with E-state index in [1.165, 1.54) is 17.0 Å². The van der Waals surface area contributed by atoms with Gasteiger partial charge in [-0.1, -0.05) is 47.5 Å². The van der Waals surface area contributed by atoms with Crippen molar-refractivity contribution in [1.29, 1.82) is 0 Å². The minimum atomic E-state index is -4.52. The second-order valence-corrected chi connectivity index (χ2v) is 9.65. The second-order valence-electron chi connectivity index (χ2n) is 7.64. The summed E-state index contributed by atoms with van der Waals surface area (Å²) in [6.07, 6.45) is 0. The van der Waals surface area contributed by atoms with Crippen LogP contribution in [-0.4, -0.2) is 22.2 Å². The average Bonchev–Trinajstić information content (AvgIpc) is 2.87. The van der Waals surface area contributed by atoms with Crippen molar-refractivity contribution in [3.05, 3.63) is 93.5 Å². The topological polar surface area (TPSA) is 49.4 Å². The summed E-state index contributed by atoms with van der Waals surface area (Å²) >= 11 is 11.7. The summed E-state index contributed by atoms with van der Waals surface area (Å²) in [5, 5.41) is 3.67. The van der Waals surface area contributed by atoms with E-state index in [2.05, 4.69) is 5.32 Å². The summed E-state index contributed by atoms with van der Waals surface area (Å²) in [7, 11) is 0. The maximum atomic E-state index is 13.8. The first-order valence-corrected chi connectivity index (χ1v) is 11.6. The predicted molar refractivity (Wildman–Crippen MR) is 127 cm³/mol. The van der Waals surface area contributed by atoms with Crippen molar-refractivity contribution in [3.8, 4) is 0 Å².